The van der Waals surface area contributed by atoms with Gasteiger partial charge in [0, 0.05) is 30.1 Å². The van der Waals surface area contributed by atoms with Gasteiger partial charge < -0.3 is 0 Å². The average molecular weight is 653 g/mol. The Balaban J connectivity index is 1.78. The Hall–Kier alpha value is -1.55. The van der Waals surface area contributed by atoms with Gasteiger partial charge in [-0.2, -0.15) is 0 Å². The normalized spacial score (nSPS) is 13.3. The van der Waals surface area contributed by atoms with Crippen LogP contribution in [0.1, 0.15) is 43.9 Å². The zero-order valence-corrected chi connectivity index (χ0v) is 26.4. The molecule has 0 amide bonds. The molecule has 0 aliphatic heterocycles. The number of halogens is 6. The van der Waals surface area contributed by atoms with E-state index in [1.807, 2.05) is 62.4 Å². The Kier molecular flexibility index (Phi) is 10.8. The van der Waals surface area contributed by atoms with Gasteiger partial charge in [0.05, 0.1) is 10.5 Å². The first-order valence-corrected chi connectivity index (χ1v) is 15.3. The highest BCUT2D eigenvalue weighted by Crippen LogP contribution is 2.47. The molecule has 0 fully saturated rings. The van der Waals surface area contributed by atoms with Gasteiger partial charge in [0.2, 0.25) is 0 Å². The van der Waals surface area contributed by atoms with E-state index >= 15 is 0 Å². The van der Waals surface area contributed by atoms with Crippen LogP contribution >= 0.6 is 81.4 Å². The smallest absolute Gasteiger partial charge is 0.0504 e. The Labute approximate surface area is 264 Å². The number of rotatable bonds is 8. The summed E-state index contributed by atoms with van der Waals surface area (Å²) in [5.41, 5.74) is 5.88. The SMILES string of the molecule is Cc1ccc(C(C=Cc2ccc(Cl)cc2Cl)SC(/C=C\c2ccc(Cl)cc2Cl)c2ccc(C)cc2Cl)c(Cl)c1. The summed E-state index contributed by atoms with van der Waals surface area (Å²) in [5, 5.41) is 3.46. The fourth-order valence-corrected chi connectivity index (χ4v) is 7.12. The van der Waals surface area contributed by atoms with E-state index in [9.17, 15) is 0 Å². The van der Waals surface area contributed by atoms with Crippen LogP contribution in [0.4, 0.5) is 0 Å². The number of hydrogen-bond donors (Lipinski definition) is 0. The summed E-state index contributed by atoms with van der Waals surface area (Å²) < 4.78 is 0. The van der Waals surface area contributed by atoms with Crippen LogP contribution in [-0.2, 0) is 0 Å². The van der Waals surface area contributed by atoms with E-state index < -0.39 is 0 Å². The minimum absolute atomic E-state index is 0.127. The molecule has 0 bridgehead atoms. The van der Waals surface area contributed by atoms with Crippen LogP contribution in [0.2, 0.25) is 30.1 Å². The predicted octanol–water partition coefficient (Wildman–Crippen LogP) is 13.2. The van der Waals surface area contributed by atoms with Gasteiger partial charge in [-0.05, 0) is 83.6 Å². The monoisotopic (exact) mass is 650 g/mol. The summed E-state index contributed by atoms with van der Waals surface area (Å²) in [6, 6.07) is 23.1. The van der Waals surface area contributed by atoms with Gasteiger partial charge in [-0.1, -0.05) is 130 Å². The lowest BCUT2D eigenvalue weighted by Gasteiger charge is -2.22. The first-order chi connectivity index (χ1) is 18.6. The van der Waals surface area contributed by atoms with Gasteiger partial charge >= 0.3 is 0 Å². The van der Waals surface area contributed by atoms with Crippen molar-refractivity contribution in [3.05, 3.63) is 148 Å². The van der Waals surface area contributed by atoms with E-state index in [1.54, 1.807) is 23.9 Å². The molecule has 0 saturated heterocycles. The van der Waals surface area contributed by atoms with Gasteiger partial charge in [-0.25, -0.2) is 0 Å². The molecule has 7 heteroatoms. The molecule has 0 radical (unpaired) electrons. The molecule has 0 aliphatic rings. The Bertz CT molecular complexity index is 1430. The van der Waals surface area contributed by atoms with Crippen LogP contribution < -0.4 is 0 Å². The molecule has 0 spiro atoms. The average Bonchev–Trinajstić information content (AvgIpc) is 2.86. The second kappa shape index (κ2) is 13.9. The molecule has 0 aromatic heterocycles. The van der Waals surface area contributed by atoms with Crippen LogP contribution in [0.3, 0.4) is 0 Å². The fourth-order valence-electron chi connectivity index (χ4n) is 3.98. The maximum absolute atomic E-state index is 6.78. The van der Waals surface area contributed by atoms with Gasteiger partial charge in [-0.3, -0.25) is 0 Å². The van der Waals surface area contributed by atoms with Crippen LogP contribution in [-0.4, -0.2) is 0 Å². The summed E-state index contributed by atoms with van der Waals surface area (Å²) in [6.45, 7) is 4.04. The first-order valence-electron chi connectivity index (χ1n) is 12.0. The van der Waals surface area contributed by atoms with Crippen molar-refractivity contribution in [3.63, 3.8) is 0 Å². The topological polar surface area (TPSA) is 0 Å². The third kappa shape index (κ3) is 8.24. The molecule has 0 heterocycles. The van der Waals surface area contributed by atoms with Crippen LogP contribution in [0.5, 0.6) is 0 Å². The lowest BCUT2D eigenvalue weighted by atomic mass is 10.1. The number of hydrogen-bond acceptors (Lipinski definition) is 1. The van der Waals surface area contributed by atoms with Gasteiger partial charge in [0.1, 0.15) is 0 Å². The van der Waals surface area contributed by atoms with Crippen molar-refractivity contribution < 1.29 is 0 Å². The van der Waals surface area contributed by atoms with Crippen LogP contribution in [0.25, 0.3) is 12.2 Å². The third-order valence-corrected chi connectivity index (χ3v) is 9.23. The maximum Gasteiger partial charge on any atom is 0.0504 e. The number of benzene rings is 4. The molecular weight excluding hydrogens is 629 g/mol. The quantitative estimate of drug-likeness (QED) is 0.182. The van der Waals surface area contributed by atoms with Crippen LogP contribution in [0, 0.1) is 13.8 Å². The molecule has 39 heavy (non-hydrogen) atoms. The molecule has 4 aromatic carbocycles. The zero-order valence-electron chi connectivity index (χ0n) is 21.1. The lowest BCUT2D eigenvalue weighted by molar-refractivity contribution is 1.16. The van der Waals surface area contributed by atoms with Crippen molar-refractivity contribution in [2.24, 2.45) is 0 Å². The molecule has 0 aliphatic carbocycles. The van der Waals surface area contributed by atoms with E-state index in [0.29, 0.717) is 30.1 Å². The third-order valence-electron chi connectivity index (χ3n) is 6.04. The summed E-state index contributed by atoms with van der Waals surface area (Å²) in [4.78, 5) is 0. The molecule has 0 N–H and O–H groups in total. The van der Waals surface area contributed by atoms with E-state index in [0.717, 1.165) is 33.4 Å². The molecule has 0 nitrogen and oxygen atoms in total. The number of aryl methyl sites for hydroxylation is 2. The highest BCUT2D eigenvalue weighted by Gasteiger charge is 2.21. The van der Waals surface area contributed by atoms with E-state index in [-0.39, 0.29) is 10.5 Å². The Morgan fingerprint density at radius 3 is 1.28 bits per heavy atom. The minimum atomic E-state index is -0.127. The van der Waals surface area contributed by atoms with E-state index in [1.165, 1.54) is 0 Å². The van der Waals surface area contributed by atoms with Gasteiger partial charge in [-0.15, -0.1) is 11.8 Å². The van der Waals surface area contributed by atoms with Crippen LogP contribution in [0.15, 0.2) is 84.9 Å². The second-order valence-electron chi connectivity index (χ2n) is 9.08. The van der Waals surface area contributed by atoms with E-state index in [4.69, 9.17) is 69.6 Å². The number of thioether (sulfide) groups is 1. The largest absolute Gasteiger partial charge is 0.137 e. The minimum Gasteiger partial charge on any atom is -0.137 e. The van der Waals surface area contributed by atoms with Crippen molar-refractivity contribution in [2.45, 2.75) is 24.3 Å². The standard InChI is InChI=1S/C32H24Cl6S/c1-19-3-11-25(29(37)15-19)31(13-7-21-5-9-23(33)17-27(21)35)39-32(26-12-4-20(2)16-30(26)38)14-8-22-6-10-24(34)18-28(22)36/h3-18,31-32H,1-2H3/b13-7-,14-8?. The Morgan fingerprint density at radius 1 is 0.513 bits per heavy atom. The fraction of sp³-hybridized carbons (Fsp3) is 0.125. The van der Waals surface area contributed by atoms with Crippen molar-refractivity contribution in [1.82, 2.24) is 0 Å². The highest BCUT2D eigenvalue weighted by molar-refractivity contribution is 8.00. The molecule has 200 valence electrons. The maximum atomic E-state index is 6.78. The van der Waals surface area contributed by atoms with Crippen molar-refractivity contribution in [2.75, 3.05) is 0 Å². The summed E-state index contributed by atoms with van der Waals surface area (Å²) >= 11 is 40.4. The van der Waals surface area contributed by atoms with Gasteiger partial charge in [0.25, 0.3) is 0 Å². The van der Waals surface area contributed by atoms with Gasteiger partial charge in [0.15, 0.2) is 0 Å². The summed E-state index contributed by atoms with van der Waals surface area (Å²) in [5.74, 6) is 0. The molecule has 4 aromatic rings. The summed E-state index contributed by atoms with van der Waals surface area (Å²) in [7, 11) is 0. The molecular formula is C32H24Cl6S. The van der Waals surface area contributed by atoms with Crippen molar-refractivity contribution in [1.29, 1.82) is 0 Å². The zero-order chi connectivity index (χ0) is 28.1. The Morgan fingerprint density at radius 2 is 0.923 bits per heavy atom. The lowest BCUT2D eigenvalue weighted by Crippen LogP contribution is -1.99. The second-order valence-corrected chi connectivity index (χ2v) is 12.9. The van der Waals surface area contributed by atoms with Crippen molar-refractivity contribution in [3.8, 4) is 0 Å². The molecule has 2 atom stereocenters. The molecule has 0 saturated carbocycles. The predicted molar refractivity (Wildman–Crippen MR) is 176 cm³/mol. The van der Waals surface area contributed by atoms with E-state index in [2.05, 4.69) is 36.4 Å². The highest BCUT2D eigenvalue weighted by atomic mass is 35.5. The molecule has 4 rings (SSSR count). The van der Waals surface area contributed by atoms with Crippen molar-refractivity contribution >= 4 is 93.5 Å². The first kappa shape index (κ1) is 30.4. The molecule has 2 unspecified atom stereocenters. The summed E-state index contributed by atoms with van der Waals surface area (Å²) in [6.07, 6.45) is 8.21.